The van der Waals surface area contributed by atoms with E-state index in [4.69, 9.17) is 5.73 Å². The molecule has 0 spiro atoms. The fraction of sp³-hybridized carbons (Fsp3) is 0.583. The number of nitrogens with two attached hydrogens (primary N) is 1. The smallest absolute Gasteiger partial charge is 0.129 e. The van der Waals surface area contributed by atoms with Gasteiger partial charge >= 0.3 is 0 Å². The first-order valence-electron chi connectivity index (χ1n) is 5.70. The third kappa shape index (κ3) is 2.23. The zero-order chi connectivity index (χ0) is 11.7. The van der Waals surface area contributed by atoms with Crippen molar-refractivity contribution in [2.24, 2.45) is 11.7 Å². The summed E-state index contributed by atoms with van der Waals surface area (Å²) in [4.78, 5) is 6.84. The summed E-state index contributed by atoms with van der Waals surface area (Å²) in [6, 6.07) is 2.68. The molecular formula is C12H18BrN3. The molecule has 3 nitrogen and oxygen atoms in total. The van der Waals surface area contributed by atoms with Crippen LogP contribution in [0.25, 0.3) is 0 Å². The summed E-state index contributed by atoms with van der Waals surface area (Å²) in [6.45, 7) is 6.15. The standard InChI is InChI=1S/C12H18BrN3/c1-8-3-12(15-6-11(8)13)16-7-10(5-14)4-9(16)2/h3,6,9-10H,4-5,7,14H2,1-2H3. The van der Waals surface area contributed by atoms with Crippen molar-refractivity contribution in [3.05, 3.63) is 22.3 Å². The number of aryl methyl sites for hydroxylation is 1. The Morgan fingerprint density at radius 2 is 2.38 bits per heavy atom. The molecule has 2 heterocycles. The lowest BCUT2D eigenvalue weighted by Crippen LogP contribution is -2.28. The van der Waals surface area contributed by atoms with Gasteiger partial charge in [-0.3, -0.25) is 0 Å². The third-order valence-electron chi connectivity index (χ3n) is 3.32. The Morgan fingerprint density at radius 3 is 2.94 bits per heavy atom. The highest BCUT2D eigenvalue weighted by Crippen LogP contribution is 2.28. The number of nitrogens with zero attached hydrogens (tertiary/aromatic N) is 2. The highest BCUT2D eigenvalue weighted by atomic mass is 79.9. The van der Waals surface area contributed by atoms with E-state index in [0.717, 1.165) is 23.4 Å². The monoisotopic (exact) mass is 283 g/mol. The predicted octanol–water partition coefficient (Wildman–Crippen LogP) is 2.33. The number of aromatic nitrogens is 1. The van der Waals surface area contributed by atoms with Gasteiger partial charge in [-0.2, -0.15) is 0 Å². The van der Waals surface area contributed by atoms with Gasteiger partial charge in [0.15, 0.2) is 0 Å². The summed E-state index contributed by atoms with van der Waals surface area (Å²) in [5, 5.41) is 0. The highest BCUT2D eigenvalue weighted by Gasteiger charge is 2.28. The summed E-state index contributed by atoms with van der Waals surface area (Å²) in [6.07, 6.45) is 3.06. The number of halogens is 1. The molecule has 4 heteroatoms. The summed E-state index contributed by atoms with van der Waals surface area (Å²) < 4.78 is 1.07. The second kappa shape index (κ2) is 4.72. The molecule has 0 aliphatic carbocycles. The van der Waals surface area contributed by atoms with Gasteiger partial charge < -0.3 is 10.6 Å². The number of pyridine rings is 1. The Bertz CT molecular complexity index is 381. The molecule has 1 aromatic rings. The normalized spacial score (nSPS) is 25.1. The fourth-order valence-electron chi connectivity index (χ4n) is 2.31. The van der Waals surface area contributed by atoms with Gasteiger partial charge in [-0.1, -0.05) is 0 Å². The zero-order valence-corrected chi connectivity index (χ0v) is 11.4. The number of anilines is 1. The molecule has 16 heavy (non-hydrogen) atoms. The second-order valence-corrected chi connectivity index (χ2v) is 5.48. The van der Waals surface area contributed by atoms with Crippen LogP contribution in [0.4, 0.5) is 5.82 Å². The molecule has 2 atom stereocenters. The topological polar surface area (TPSA) is 42.1 Å². The molecule has 0 radical (unpaired) electrons. The van der Waals surface area contributed by atoms with E-state index in [9.17, 15) is 0 Å². The summed E-state index contributed by atoms with van der Waals surface area (Å²) >= 11 is 3.48. The quantitative estimate of drug-likeness (QED) is 0.906. The van der Waals surface area contributed by atoms with Gasteiger partial charge in [-0.05, 0) is 60.3 Å². The molecule has 1 fully saturated rings. The first-order valence-corrected chi connectivity index (χ1v) is 6.50. The van der Waals surface area contributed by atoms with E-state index in [0.29, 0.717) is 12.0 Å². The molecule has 1 aromatic heterocycles. The summed E-state index contributed by atoms with van der Waals surface area (Å²) in [5.74, 6) is 1.69. The molecular weight excluding hydrogens is 266 g/mol. The molecule has 1 aliphatic heterocycles. The van der Waals surface area contributed by atoms with Crippen LogP contribution in [0, 0.1) is 12.8 Å². The van der Waals surface area contributed by atoms with Crippen LogP contribution >= 0.6 is 15.9 Å². The van der Waals surface area contributed by atoms with Crippen LogP contribution in [-0.2, 0) is 0 Å². The van der Waals surface area contributed by atoms with Crippen molar-refractivity contribution in [2.75, 3.05) is 18.0 Å². The minimum atomic E-state index is 0.543. The Morgan fingerprint density at radius 1 is 1.62 bits per heavy atom. The Balaban J connectivity index is 2.21. The molecule has 88 valence electrons. The van der Waals surface area contributed by atoms with Gasteiger partial charge in [-0.25, -0.2) is 4.98 Å². The number of hydrogen-bond acceptors (Lipinski definition) is 3. The van der Waals surface area contributed by atoms with Crippen molar-refractivity contribution in [1.29, 1.82) is 0 Å². The van der Waals surface area contributed by atoms with E-state index in [2.05, 4.69) is 45.7 Å². The van der Waals surface area contributed by atoms with E-state index in [1.54, 1.807) is 0 Å². The molecule has 0 bridgehead atoms. The van der Waals surface area contributed by atoms with Crippen LogP contribution in [0.1, 0.15) is 18.9 Å². The molecule has 1 saturated heterocycles. The van der Waals surface area contributed by atoms with Crippen molar-refractivity contribution >= 4 is 21.7 Å². The molecule has 2 N–H and O–H groups in total. The highest BCUT2D eigenvalue weighted by molar-refractivity contribution is 9.10. The Hall–Kier alpha value is -0.610. The number of rotatable bonds is 2. The van der Waals surface area contributed by atoms with Crippen molar-refractivity contribution in [3.63, 3.8) is 0 Å². The van der Waals surface area contributed by atoms with Crippen LogP contribution in [0.3, 0.4) is 0 Å². The summed E-state index contributed by atoms with van der Waals surface area (Å²) in [5.41, 5.74) is 6.97. The van der Waals surface area contributed by atoms with E-state index in [1.807, 2.05) is 6.20 Å². The lowest BCUT2D eigenvalue weighted by atomic mass is 10.1. The van der Waals surface area contributed by atoms with Crippen molar-refractivity contribution < 1.29 is 0 Å². The lowest BCUT2D eigenvalue weighted by Gasteiger charge is -2.23. The molecule has 2 unspecified atom stereocenters. The third-order valence-corrected chi connectivity index (χ3v) is 4.15. The van der Waals surface area contributed by atoms with Gasteiger partial charge in [0.25, 0.3) is 0 Å². The SMILES string of the molecule is Cc1cc(N2CC(CN)CC2C)ncc1Br. The Kier molecular flexibility index (Phi) is 3.50. The fourth-order valence-corrected chi connectivity index (χ4v) is 2.53. The van der Waals surface area contributed by atoms with Crippen LogP contribution < -0.4 is 10.6 Å². The average molecular weight is 284 g/mol. The maximum atomic E-state index is 5.74. The zero-order valence-electron chi connectivity index (χ0n) is 9.78. The van der Waals surface area contributed by atoms with Gasteiger partial charge in [0.1, 0.15) is 5.82 Å². The largest absolute Gasteiger partial charge is 0.354 e. The molecule has 1 aliphatic rings. The van der Waals surface area contributed by atoms with Crippen molar-refractivity contribution in [2.45, 2.75) is 26.3 Å². The first kappa shape index (κ1) is 11.9. The van der Waals surface area contributed by atoms with E-state index >= 15 is 0 Å². The minimum Gasteiger partial charge on any atom is -0.354 e. The maximum Gasteiger partial charge on any atom is 0.129 e. The molecule has 2 rings (SSSR count). The Labute approximate surface area is 105 Å². The predicted molar refractivity (Wildman–Crippen MR) is 70.6 cm³/mol. The lowest BCUT2D eigenvalue weighted by molar-refractivity contribution is 0.579. The van der Waals surface area contributed by atoms with E-state index in [-0.39, 0.29) is 0 Å². The first-order chi connectivity index (χ1) is 7.61. The average Bonchev–Trinajstić information content (AvgIpc) is 2.64. The van der Waals surface area contributed by atoms with Crippen LogP contribution in [-0.4, -0.2) is 24.1 Å². The minimum absolute atomic E-state index is 0.543. The van der Waals surface area contributed by atoms with Crippen molar-refractivity contribution in [3.8, 4) is 0 Å². The summed E-state index contributed by atoms with van der Waals surface area (Å²) in [7, 11) is 0. The molecule has 0 saturated carbocycles. The molecule has 0 amide bonds. The van der Waals surface area contributed by atoms with E-state index < -0.39 is 0 Å². The van der Waals surface area contributed by atoms with E-state index in [1.165, 1.54) is 12.0 Å². The number of hydrogen-bond donors (Lipinski definition) is 1. The van der Waals surface area contributed by atoms with Crippen LogP contribution in [0.2, 0.25) is 0 Å². The van der Waals surface area contributed by atoms with Gasteiger partial charge in [0, 0.05) is 23.3 Å². The van der Waals surface area contributed by atoms with Gasteiger partial charge in [0.05, 0.1) is 0 Å². The molecule has 0 aromatic carbocycles. The van der Waals surface area contributed by atoms with Crippen molar-refractivity contribution in [1.82, 2.24) is 4.98 Å². The van der Waals surface area contributed by atoms with Gasteiger partial charge in [-0.15, -0.1) is 0 Å². The van der Waals surface area contributed by atoms with Crippen LogP contribution in [0.5, 0.6) is 0 Å². The second-order valence-electron chi connectivity index (χ2n) is 4.63. The van der Waals surface area contributed by atoms with Gasteiger partial charge in [0.2, 0.25) is 0 Å². The maximum absolute atomic E-state index is 5.74. The van der Waals surface area contributed by atoms with Crippen LogP contribution in [0.15, 0.2) is 16.7 Å².